The first-order valence-corrected chi connectivity index (χ1v) is 7.25. The minimum absolute atomic E-state index is 0.119. The fourth-order valence-corrected chi connectivity index (χ4v) is 3.66. The highest BCUT2D eigenvalue weighted by molar-refractivity contribution is 5.90. The second-order valence-corrected chi connectivity index (χ2v) is 6.02. The van der Waals surface area contributed by atoms with Crippen LogP contribution in [0.25, 0.3) is 0 Å². The average molecular weight is 303 g/mol. The zero-order valence-corrected chi connectivity index (χ0v) is 12.5. The molecule has 3 atom stereocenters. The van der Waals surface area contributed by atoms with E-state index in [4.69, 9.17) is 26.7 Å². The Bertz CT molecular complexity index is 642. The minimum Gasteiger partial charge on any atom is -0.493 e. The highest BCUT2D eigenvalue weighted by Gasteiger charge is 2.53. The zero-order chi connectivity index (χ0) is 16.1. The highest BCUT2D eigenvalue weighted by Crippen LogP contribution is 2.53. The van der Waals surface area contributed by atoms with E-state index in [9.17, 15) is 4.79 Å². The highest BCUT2D eigenvalue weighted by atomic mass is 16.5. The van der Waals surface area contributed by atoms with Crippen molar-refractivity contribution in [2.75, 3.05) is 13.7 Å². The normalized spacial score (nSPS) is 27.7. The van der Waals surface area contributed by atoms with Crippen molar-refractivity contribution in [1.82, 2.24) is 0 Å². The van der Waals surface area contributed by atoms with Crippen molar-refractivity contribution in [1.29, 1.82) is 0 Å². The van der Waals surface area contributed by atoms with Crippen LogP contribution in [0.1, 0.15) is 39.9 Å². The summed E-state index contributed by atoms with van der Waals surface area (Å²) in [6.45, 7) is 4.25. The van der Waals surface area contributed by atoms with E-state index in [1.54, 1.807) is 12.1 Å². The molecular weight excluding hydrogens is 282 g/mol. The van der Waals surface area contributed by atoms with Crippen LogP contribution in [0.3, 0.4) is 0 Å². The smallest absolute Gasteiger partial charge is 0.337 e. The third kappa shape index (κ3) is 1.95. The van der Waals surface area contributed by atoms with E-state index in [2.05, 4.69) is 6.58 Å². The van der Waals surface area contributed by atoms with Crippen molar-refractivity contribution < 1.29 is 14.3 Å². The molecule has 1 aliphatic heterocycles. The summed E-state index contributed by atoms with van der Waals surface area (Å²) in [6.07, 6.45) is 2.58. The molecule has 0 radical (unpaired) electrons. The second kappa shape index (κ2) is 5.08. The summed E-state index contributed by atoms with van der Waals surface area (Å²) in [5.74, 6) is 0.185. The molecule has 1 aromatic carbocycles. The summed E-state index contributed by atoms with van der Waals surface area (Å²) in [4.78, 5) is 11.8. The van der Waals surface area contributed by atoms with Crippen LogP contribution >= 0.6 is 0 Å². The Hall–Kier alpha value is -1.89. The molecule has 1 aromatic rings. The van der Waals surface area contributed by atoms with Gasteiger partial charge in [-0.1, -0.05) is 6.08 Å². The number of benzene rings is 1. The molecule has 0 aromatic heterocycles. The number of esters is 1. The van der Waals surface area contributed by atoms with Crippen LogP contribution in [0.4, 0.5) is 0 Å². The predicted molar refractivity (Wildman–Crippen MR) is 82.4 cm³/mol. The van der Waals surface area contributed by atoms with Gasteiger partial charge in [0.1, 0.15) is 5.75 Å². The van der Waals surface area contributed by atoms with Gasteiger partial charge in [0, 0.05) is 17.4 Å². The molecule has 0 saturated heterocycles. The minimum atomic E-state index is -1.08. The van der Waals surface area contributed by atoms with E-state index in [1.807, 2.05) is 6.08 Å². The average Bonchev–Trinajstić information content (AvgIpc) is 2.71. The van der Waals surface area contributed by atoms with Crippen molar-refractivity contribution in [2.45, 2.75) is 24.0 Å². The molecule has 3 rings (SSSR count). The summed E-state index contributed by atoms with van der Waals surface area (Å²) in [5, 5.41) is 0. The number of allylic oxidation sites excluding steroid dienone is 1. The summed E-state index contributed by atoms with van der Waals surface area (Å²) in [5.41, 5.74) is 20.0. The maximum absolute atomic E-state index is 11.8. The maximum atomic E-state index is 11.8. The maximum Gasteiger partial charge on any atom is 0.337 e. The lowest BCUT2D eigenvalue weighted by Crippen LogP contribution is -2.60. The van der Waals surface area contributed by atoms with Crippen molar-refractivity contribution in [3.05, 3.63) is 41.5 Å². The van der Waals surface area contributed by atoms with Crippen LogP contribution in [0, 0.1) is 5.92 Å². The largest absolute Gasteiger partial charge is 0.493 e. The first-order chi connectivity index (χ1) is 10.4. The number of rotatable bonds is 3. The van der Waals surface area contributed by atoms with Gasteiger partial charge in [-0.25, -0.2) is 4.79 Å². The summed E-state index contributed by atoms with van der Waals surface area (Å²) in [7, 11) is 1.33. The molecule has 6 heteroatoms. The Balaban J connectivity index is 2.17. The standard InChI is InChI=1S/C16H21N3O3/c1-3-4-8-7-22-11-6-9(15(20)21-2)5-10-12(11)13(8)16(18,19)14(10)17/h3,5-6,8,13-14H,1,4,7,17-19H2,2H3/t8-,13?,14?/m0/s1. The Kier molecular flexibility index (Phi) is 3.47. The summed E-state index contributed by atoms with van der Waals surface area (Å²) >= 11 is 0. The Morgan fingerprint density at radius 2 is 2.27 bits per heavy atom. The number of hydrogen-bond donors (Lipinski definition) is 3. The first-order valence-electron chi connectivity index (χ1n) is 7.25. The Morgan fingerprint density at radius 1 is 1.55 bits per heavy atom. The number of carbonyl (C=O) groups is 1. The van der Waals surface area contributed by atoms with Crippen molar-refractivity contribution in [3.8, 4) is 5.75 Å². The molecule has 1 heterocycles. The molecule has 2 aliphatic rings. The molecule has 0 amide bonds. The Morgan fingerprint density at radius 3 is 2.91 bits per heavy atom. The van der Waals surface area contributed by atoms with Crippen LogP contribution in [-0.2, 0) is 4.74 Å². The first kappa shape index (κ1) is 15.0. The molecule has 0 fully saturated rings. The van der Waals surface area contributed by atoms with E-state index < -0.39 is 17.7 Å². The topological polar surface area (TPSA) is 114 Å². The lowest BCUT2D eigenvalue weighted by molar-refractivity contribution is 0.0599. The van der Waals surface area contributed by atoms with E-state index in [-0.39, 0.29) is 11.8 Å². The monoisotopic (exact) mass is 303 g/mol. The van der Waals surface area contributed by atoms with Gasteiger partial charge in [-0.3, -0.25) is 0 Å². The third-order valence-electron chi connectivity index (χ3n) is 4.71. The number of nitrogens with two attached hydrogens (primary N) is 3. The molecule has 0 saturated carbocycles. The fraction of sp³-hybridized carbons (Fsp3) is 0.438. The van der Waals surface area contributed by atoms with Gasteiger partial charge in [-0.05, 0) is 24.1 Å². The lowest BCUT2D eigenvalue weighted by Gasteiger charge is -2.38. The predicted octanol–water partition coefficient (Wildman–Crippen LogP) is 0.769. The third-order valence-corrected chi connectivity index (χ3v) is 4.71. The van der Waals surface area contributed by atoms with Gasteiger partial charge in [0.25, 0.3) is 0 Å². The second-order valence-electron chi connectivity index (χ2n) is 6.02. The van der Waals surface area contributed by atoms with Crippen LogP contribution in [0.5, 0.6) is 5.75 Å². The number of methoxy groups -OCH3 is 1. The molecule has 2 unspecified atom stereocenters. The van der Waals surface area contributed by atoms with Crippen LogP contribution in [0.15, 0.2) is 24.8 Å². The quantitative estimate of drug-likeness (QED) is 0.432. The molecule has 0 spiro atoms. The van der Waals surface area contributed by atoms with Gasteiger partial charge in [0.05, 0.1) is 31.0 Å². The van der Waals surface area contributed by atoms with E-state index in [0.717, 1.165) is 17.5 Å². The number of ether oxygens (including phenoxy) is 2. The molecule has 6 nitrogen and oxygen atoms in total. The molecule has 6 N–H and O–H groups in total. The zero-order valence-electron chi connectivity index (χ0n) is 12.5. The number of carbonyl (C=O) groups excluding carboxylic acids is 1. The van der Waals surface area contributed by atoms with Gasteiger partial charge >= 0.3 is 5.97 Å². The van der Waals surface area contributed by atoms with Crippen LogP contribution < -0.4 is 21.9 Å². The fourth-order valence-electron chi connectivity index (χ4n) is 3.66. The number of hydrogen-bond acceptors (Lipinski definition) is 6. The summed E-state index contributed by atoms with van der Waals surface area (Å²) in [6, 6.07) is 2.82. The molecule has 1 aliphatic carbocycles. The van der Waals surface area contributed by atoms with E-state index in [1.165, 1.54) is 7.11 Å². The van der Waals surface area contributed by atoms with Crippen molar-refractivity contribution in [2.24, 2.45) is 23.1 Å². The molecule has 118 valence electrons. The molecule has 0 bridgehead atoms. The van der Waals surface area contributed by atoms with Crippen LogP contribution in [-0.4, -0.2) is 25.3 Å². The Labute approximate surface area is 129 Å². The van der Waals surface area contributed by atoms with Gasteiger partial charge in [0.2, 0.25) is 0 Å². The van der Waals surface area contributed by atoms with Crippen molar-refractivity contribution in [3.63, 3.8) is 0 Å². The van der Waals surface area contributed by atoms with Gasteiger partial charge in [-0.2, -0.15) is 0 Å². The van der Waals surface area contributed by atoms with Crippen molar-refractivity contribution >= 4 is 5.97 Å². The van der Waals surface area contributed by atoms with Gasteiger partial charge in [0.15, 0.2) is 0 Å². The van der Waals surface area contributed by atoms with E-state index >= 15 is 0 Å². The SMILES string of the molecule is C=CC[C@H]1COc2cc(C(=O)OC)cc3c2C1C(N)(N)C3N. The lowest BCUT2D eigenvalue weighted by atomic mass is 9.78. The van der Waals surface area contributed by atoms with Gasteiger partial charge < -0.3 is 26.7 Å². The van der Waals surface area contributed by atoms with Crippen LogP contribution in [0.2, 0.25) is 0 Å². The molecular formula is C16H21N3O3. The molecule has 22 heavy (non-hydrogen) atoms. The summed E-state index contributed by atoms with van der Waals surface area (Å²) < 4.78 is 10.6. The van der Waals surface area contributed by atoms with Gasteiger partial charge in [-0.15, -0.1) is 6.58 Å². The van der Waals surface area contributed by atoms with E-state index in [0.29, 0.717) is 17.9 Å².